The number of nitrogens with zero attached hydrogens (tertiary/aromatic N) is 3. The summed E-state index contributed by atoms with van der Waals surface area (Å²) in [6.07, 6.45) is 0.819. The molecule has 0 radical (unpaired) electrons. The van der Waals surface area contributed by atoms with Crippen LogP contribution in [-0.4, -0.2) is 38.9 Å². The Bertz CT molecular complexity index is 815. The molecule has 23 heavy (non-hydrogen) atoms. The van der Waals surface area contributed by atoms with E-state index in [1.807, 2.05) is 13.8 Å². The summed E-state index contributed by atoms with van der Waals surface area (Å²) in [6, 6.07) is 0. The molecule has 0 saturated heterocycles. The molecule has 0 aliphatic heterocycles. The highest BCUT2D eigenvalue weighted by molar-refractivity contribution is 5.74. The largest absolute Gasteiger partial charge is 0.382 e. The van der Waals surface area contributed by atoms with Crippen molar-refractivity contribution in [3.05, 3.63) is 33.0 Å². The summed E-state index contributed by atoms with van der Waals surface area (Å²) in [5.41, 5.74) is 0.675. The molecule has 0 aromatic carbocycles. The van der Waals surface area contributed by atoms with Gasteiger partial charge in [0.15, 0.2) is 11.2 Å². The summed E-state index contributed by atoms with van der Waals surface area (Å²) in [5.74, 6) is 0.547. The molecule has 2 aromatic rings. The van der Waals surface area contributed by atoms with Gasteiger partial charge in [-0.1, -0.05) is 12.2 Å². The quantitative estimate of drug-likeness (QED) is 0.555. The zero-order valence-electron chi connectivity index (χ0n) is 13.8. The Morgan fingerprint density at radius 2 is 2.17 bits per heavy atom. The average Bonchev–Trinajstić information content (AvgIpc) is 2.83. The fraction of sp³-hybridized carbons (Fsp3) is 0.533. The van der Waals surface area contributed by atoms with E-state index in [2.05, 4.69) is 21.9 Å². The lowest BCUT2D eigenvalue weighted by Gasteiger charge is -2.10. The average molecular weight is 321 g/mol. The fourth-order valence-corrected chi connectivity index (χ4v) is 2.31. The Balaban J connectivity index is 2.40. The molecular formula is C15H23N5O3. The molecule has 0 atom stereocenters. The minimum atomic E-state index is -0.481. The Morgan fingerprint density at radius 1 is 1.43 bits per heavy atom. The van der Waals surface area contributed by atoms with E-state index in [4.69, 9.17) is 4.74 Å². The van der Waals surface area contributed by atoms with Gasteiger partial charge in [0.05, 0.1) is 0 Å². The molecule has 2 rings (SSSR count). The number of rotatable bonds is 8. The van der Waals surface area contributed by atoms with Gasteiger partial charge in [0, 0.05) is 33.4 Å². The highest BCUT2D eigenvalue weighted by Gasteiger charge is 2.16. The van der Waals surface area contributed by atoms with Crippen LogP contribution >= 0.6 is 0 Å². The van der Waals surface area contributed by atoms with Crippen LogP contribution in [0.5, 0.6) is 0 Å². The molecule has 0 bridgehead atoms. The molecule has 0 aliphatic rings. The Kier molecular flexibility index (Phi) is 5.38. The van der Waals surface area contributed by atoms with Crippen LogP contribution in [0.15, 0.2) is 21.7 Å². The number of nitrogens with one attached hydrogen (secondary N) is 2. The van der Waals surface area contributed by atoms with Gasteiger partial charge in [-0.15, -0.1) is 0 Å². The monoisotopic (exact) mass is 321 g/mol. The first-order valence-electron chi connectivity index (χ1n) is 7.61. The molecule has 0 amide bonds. The topological polar surface area (TPSA) is 93.9 Å². The molecule has 2 heterocycles. The van der Waals surface area contributed by atoms with Crippen LogP contribution in [0.4, 0.5) is 5.95 Å². The van der Waals surface area contributed by atoms with E-state index in [9.17, 15) is 9.59 Å². The molecule has 0 aliphatic carbocycles. The zero-order chi connectivity index (χ0) is 17.0. The molecule has 0 fully saturated rings. The van der Waals surface area contributed by atoms with Gasteiger partial charge < -0.3 is 14.6 Å². The maximum atomic E-state index is 12.2. The summed E-state index contributed by atoms with van der Waals surface area (Å²) in [7, 11) is 1.58. The van der Waals surface area contributed by atoms with Gasteiger partial charge in [-0.3, -0.25) is 14.3 Å². The lowest BCUT2D eigenvalue weighted by atomic mass is 10.3. The standard InChI is InChI=1S/C15H23N5O3/c1-5-23-8-6-7-16-14-17-12-11(20(14)9-10(2)3)13(21)18-15(22)19(12)4/h2,5-9H2,1,3-4H3,(H,16,17)(H,18,21,22). The lowest BCUT2D eigenvalue weighted by Crippen LogP contribution is -2.29. The van der Waals surface area contributed by atoms with Crippen molar-refractivity contribution in [1.29, 1.82) is 0 Å². The van der Waals surface area contributed by atoms with E-state index in [0.29, 0.717) is 43.4 Å². The second-order valence-corrected chi connectivity index (χ2v) is 5.45. The van der Waals surface area contributed by atoms with E-state index in [1.54, 1.807) is 11.6 Å². The second-order valence-electron chi connectivity index (χ2n) is 5.45. The number of imidazole rings is 1. The van der Waals surface area contributed by atoms with Gasteiger partial charge in [-0.2, -0.15) is 4.98 Å². The minimum Gasteiger partial charge on any atom is -0.382 e. The summed E-state index contributed by atoms with van der Waals surface area (Å²) < 4.78 is 8.37. The van der Waals surface area contributed by atoms with E-state index >= 15 is 0 Å². The third kappa shape index (κ3) is 3.70. The maximum Gasteiger partial charge on any atom is 0.329 e. The van der Waals surface area contributed by atoms with Crippen LogP contribution in [0.25, 0.3) is 11.2 Å². The first-order chi connectivity index (χ1) is 11.0. The van der Waals surface area contributed by atoms with Crippen molar-refractivity contribution in [2.75, 3.05) is 25.1 Å². The van der Waals surface area contributed by atoms with E-state index < -0.39 is 11.2 Å². The van der Waals surface area contributed by atoms with E-state index in [1.165, 1.54) is 4.57 Å². The lowest BCUT2D eigenvalue weighted by molar-refractivity contribution is 0.147. The molecule has 8 nitrogen and oxygen atoms in total. The number of fused-ring (bicyclic) bond motifs is 1. The number of anilines is 1. The molecule has 0 spiro atoms. The maximum absolute atomic E-state index is 12.2. The summed E-state index contributed by atoms with van der Waals surface area (Å²) in [4.78, 5) is 30.6. The Labute approximate surface area is 133 Å². The third-order valence-electron chi connectivity index (χ3n) is 3.39. The van der Waals surface area contributed by atoms with E-state index in [-0.39, 0.29) is 0 Å². The number of H-pyrrole nitrogens is 1. The van der Waals surface area contributed by atoms with Gasteiger partial charge in [0.1, 0.15) is 0 Å². The summed E-state index contributed by atoms with van der Waals surface area (Å²) in [5, 5.41) is 3.20. The zero-order valence-corrected chi connectivity index (χ0v) is 13.8. The van der Waals surface area contributed by atoms with Crippen molar-refractivity contribution in [2.45, 2.75) is 26.8 Å². The number of hydrogen-bond acceptors (Lipinski definition) is 5. The van der Waals surface area contributed by atoms with Crippen LogP contribution in [0, 0.1) is 0 Å². The van der Waals surface area contributed by atoms with Crippen LogP contribution in [0.2, 0.25) is 0 Å². The highest BCUT2D eigenvalue weighted by Crippen LogP contribution is 2.16. The number of aryl methyl sites for hydroxylation is 1. The Morgan fingerprint density at radius 3 is 2.83 bits per heavy atom. The van der Waals surface area contributed by atoms with Crippen molar-refractivity contribution >= 4 is 17.1 Å². The molecular weight excluding hydrogens is 298 g/mol. The Hall–Kier alpha value is -2.35. The number of ether oxygens (including phenoxy) is 1. The van der Waals surface area contributed by atoms with Gasteiger partial charge in [-0.05, 0) is 20.3 Å². The number of allylic oxidation sites excluding steroid dienone is 1. The molecule has 126 valence electrons. The number of hydrogen-bond donors (Lipinski definition) is 2. The SMILES string of the molecule is C=C(C)Cn1c(NCCCOCC)nc2c1c(=O)[nH]c(=O)n2C. The predicted octanol–water partition coefficient (Wildman–Crippen LogP) is 0.838. The number of aromatic nitrogens is 4. The van der Waals surface area contributed by atoms with Crippen molar-refractivity contribution in [3.8, 4) is 0 Å². The molecule has 2 N–H and O–H groups in total. The third-order valence-corrected chi connectivity index (χ3v) is 3.39. The summed E-state index contributed by atoms with van der Waals surface area (Å²) >= 11 is 0. The van der Waals surface area contributed by atoms with Gasteiger partial charge >= 0.3 is 5.69 Å². The minimum absolute atomic E-state index is 0.354. The molecule has 2 aromatic heterocycles. The van der Waals surface area contributed by atoms with Crippen molar-refractivity contribution < 1.29 is 4.74 Å². The van der Waals surface area contributed by atoms with Crippen LogP contribution in [0.1, 0.15) is 20.3 Å². The molecule has 8 heteroatoms. The van der Waals surface area contributed by atoms with Gasteiger partial charge in [0.25, 0.3) is 5.56 Å². The molecule has 0 saturated carbocycles. The first-order valence-corrected chi connectivity index (χ1v) is 7.61. The van der Waals surface area contributed by atoms with Crippen molar-refractivity contribution in [1.82, 2.24) is 19.1 Å². The van der Waals surface area contributed by atoms with Gasteiger partial charge in [-0.25, -0.2) is 4.79 Å². The summed E-state index contributed by atoms with van der Waals surface area (Å²) in [6.45, 7) is 10.2. The van der Waals surface area contributed by atoms with Crippen LogP contribution in [-0.2, 0) is 18.3 Å². The normalized spacial score (nSPS) is 11.1. The smallest absolute Gasteiger partial charge is 0.329 e. The van der Waals surface area contributed by atoms with Crippen molar-refractivity contribution in [2.24, 2.45) is 7.05 Å². The predicted molar refractivity (Wildman–Crippen MR) is 90.0 cm³/mol. The van der Waals surface area contributed by atoms with Crippen molar-refractivity contribution in [3.63, 3.8) is 0 Å². The second kappa shape index (κ2) is 7.28. The van der Waals surface area contributed by atoms with Gasteiger partial charge in [0.2, 0.25) is 5.95 Å². The fourth-order valence-electron chi connectivity index (χ4n) is 2.31. The molecule has 0 unspecified atom stereocenters. The number of aromatic amines is 1. The van der Waals surface area contributed by atoms with E-state index in [0.717, 1.165) is 12.0 Å². The van der Waals surface area contributed by atoms with Crippen LogP contribution < -0.4 is 16.6 Å². The van der Waals surface area contributed by atoms with Crippen LogP contribution in [0.3, 0.4) is 0 Å². The first kappa shape index (κ1) is 17.0. The highest BCUT2D eigenvalue weighted by atomic mass is 16.5.